The van der Waals surface area contributed by atoms with Gasteiger partial charge in [-0.1, -0.05) is 0 Å². The lowest BCUT2D eigenvalue weighted by molar-refractivity contribution is 0.0601. The maximum atomic E-state index is 10.8. The summed E-state index contributed by atoms with van der Waals surface area (Å²) in [5.74, 6) is 2.92. The van der Waals surface area contributed by atoms with E-state index in [0.717, 1.165) is 36.0 Å². The Morgan fingerprint density at radius 3 is 2.72 bits per heavy atom. The van der Waals surface area contributed by atoms with Gasteiger partial charge in [-0.2, -0.15) is 0 Å². The number of nitrogens with zero attached hydrogens (tertiary/aromatic N) is 4. The standard InChI is InChI=1S/C17H28N6O2/c1-6-18-16(19-9-15-22-21-11-23(15)7-2)20-10-17(5,24)14-8-12(3)25-13(14)4/h8,11,24H,6-7,9-10H2,1-5H3,(H2,18,19,20). The van der Waals surface area contributed by atoms with Gasteiger partial charge in [0.25, 0.3) is 0 Å². The van der Waals surface area contributed by atoms with Gasteiger partial charge in [-0.25, -0.2) is 4.99 Å². The summed E-state index contributed by atoms with van der Waals surface area (Å²) in [6, 6.07) is 1.87. The van der Waals surface area contributed by atoms with Gasteiger partial charge in [0.05, 0.1) is 6.54 Å². The number of furan rings is 1. The average molecular weight is 348 g/mol. The third-order valence-corrected chi connectivity index (χ3v) is 3.98. The zero-order valence-electron chi connectivity index (χ0n) is 15.6. The largest absolute Gasteiger partial charge is 0.466 e. The summed E-state index contributed by atoms with van der Waals surface area (Å²) in [4.78, 5) is 4.53. The van der Waals surface area contributed by atoms with Gasteiger partial charge >= 0.3 is 0 Å². The fraction of sp³-hybridized carbons (Fsp3) is 0.588. The molecule has 1 unspecified atom stereocenters. The van der Waals surface area contributed by atoms with Gasteiger partial charge < -0.3 is 24.7 Å². The van der Waals surface area contributed by atoms with Crippen LogP contribution >= 0.6 is 0 Å². The molecule has 0 aliphatic rings. The zero-order chi connectivity index (χ0) is 18.4. The van der Waals surface area contributed by atoms with E-state index in [4.69, 9.17) is 4.42 Å². The summed E-state index contributed by atoms with van der Waals surface area (Å²) in [5.41, 5.74) is -0.291. The minimum absolute atomic E-state index is 0.305. The molecule has 1 atom stereocenters. The molecule has 0 bridgehead atoms. The predicted octanol–water partition coefficient (Wildman–Crippen LogP) is 1.47. The lowest BCUT2D eigenvalue weighted by atomic mass is 9.96. The van der Waals surface area contributed by atoms with Crippen molar-refractivity contribution in [2.75, 3.05) is 13.1 Å². The van der Waals surface area contributed by atoms with Crippen LogP contribution in [0, 0.1) is 13.8 Å². The molecular weight excluding hydrogens is 320 g/mol. The van der Waals surface area contributed by atoms with E-state index in [1.165, 1.54) is 0 Å². The Labute approximate surface area is 148 Å². The first-order valence-corrected chi connectivity index (χ1v) is 8.56. The van der Waals surface area contributed by atoms with Crippen molar-refractivity contribution in [3.05, 3.63) is 35.3 Å². The van der Waals surface area contributed by atoms with Crippen LogP contribution in [0.2, 0.25) is 0 Å². The van der Waals surface area contributed by atoms with Crippen molar-refractivity contribution in [1.82, 2.24) is 25.4 Å². The summed E-state index contributed by atoms with van der Waals surface area (Å²) in [6.07, 6.45) is 1.69. The molecule has 8 heteroatoms. The van der Waals surface area contributed by atoms with Crippen molar-refractivity contribution in [2.45, 2.75) is 53.3 Å². The molecule has 0 aliphatic heterocycles. The first-order valence-electron chi connectivity index (χ1n) is 8.56. The average Bonchev–Trinajstić information content (AvgIpc) is 3.15. The van der Waals surface area contributed by atoms with E-state index in [9.17, 15) is 5.11 Å². The number of hydrogen-bond donors (Lipinski definition) is 3. The zero-order valence-corrected chi connectivity index (χ0v) is 15.6. The molecule has 0 aromatic carbocycles. The predicted molar refractivity (Wildman–Crippen MR) is 96.3 cm³/mol. The lowest BCUT2D eigenvalue weighted by Crippen LogP contribution is -2.44. The Bertz CT molecular complexity index is 717. The maximum Gasteiger partial charge on any atom is 0.191 e. The molecule has 138 valence electrons. The van der Waals surface area contributed by atoms with Crippen LogP contribution in [-0.4, -0.2) is 38.9 Å². The van der Waals surface area contributed by atoms with Gasteiger partial charge in [0.1, 0.15) is 30.0 Å². The second-order valence-electron chi connectivity index (χ2n) is 6.18. The van der Waals surface area contributed by atoms with Crippen LogP contribution in [-0.2, 0) is 18.7 Å². The van der Waals surface area contributed by atoms with Crippen LogP contribution in [0.3, 0.4) is 0 Å². The summed E-state index contributed by atoms with van der Waals surface area (Å²) in [7, 11) is 0. The van der Waals surface area contributed by atoms with E-state index in [-0.39, 0.29) is 0 Å². The Hall–Kier alpha value is -2.35. The van der Waals surface area contributed by atoms with Gasteiger partial charge in [-0.3, -0.25) is 0 Å². The summed E-state index contributed by atoms with van der Waals surface area (Å²) in [6.45, 7) is 11.7. The summed E-state index contributed by atoms with van der Waals surface area (Å²) >= 11 is 0. The van der Waals surface area contributed by atoms with E-state index in [1.807, 2.05) is 38.3 Å². The number of nitrogens with one attached hydrogen (secondary N) is 2. The van der Waals surface area contributed by atoms with Crippen LogP contribution < -0.4 is 10.6 Å². The molecule has 2 aromatic heterocycles. The molecule has 0 spiro atoms. The number of aliphatic imine (C=N–C) groups is 1. The molecule has 25 heavy (non-hydrogen) atoms. The minimum atomic E-state index is -1.07. The highest BCUT2D eigenvalue weighted by Gasteiger charge is 2.27. The highest BCUT2D eigenvalue weighted by atomic mass is 16.3. The lowest BCUT2D eigenvalue weighted by Gasteiger charge is -2.24. The van der Waals surface area contributed by atoms with Crippen LogP contribution in [0.25, 0.3) is 0 Å². The van der Waals surface area contributed by atoms with Crippen molar-refractivity contribution in [3.8, 4) is 0 Å². The molecule has 0 radical (unpaired) electrons. The van der Waals surface area contributed by atoms with Gasteiger partial charge in [0, 0.05) is 18.7 Å². The second kappa shape index (κ2) is 8.15. The number of aliphatic hydroxyl groups is 1. The minimum Gasteiger partial charge on any atom is -0.466 e. The van der Waals surface area contributed by atoms with Crippen LogP contribution in [0.1, 0.15) is 43.7 Å². The smallest absolute Gasteiger partial charge is 0.191 e. The van der Waals surface area contributed by atoms with Crippen LogP contribution in [0.4, 0.5) is 0 Å². The van der Waals surface area contributed by atoms with Gasteiger partial charge in [0.2, 0.25) is 0 Å². The van der Waals surface area contributed by atoms with E-state index >= 15 is 0 Å². The van der Waals surface area contributed by atoms with Gasteiger partial charge in [-0.05, 0) is 40.7 Å². The molecule has 2 rings (SSSR count). The number of rotatable bonds is 7. The van der Waals surface area contributed by atoms with E-state index in [2.05, 4.69) is 25.8 Å². The summed E-state index contributed by atoms with van der Waals surface area (Å²) in [5, 5.41) is 25.1. The molecular formula is C17H28N6O2. The molecule has 2 aromatic rings. The molecule has 8 nitrogen and oxygen atoms in total. The Morgan fingerprint density at radius 2 is 2.12 bits per heavy atom. The van der Waals surface area contributed by atoms with Gasteiger partial charge in [-0.15, -0.1) is 10.2 Å². The first-order chi connectivity index (χ1) is 11.9. The highest BCUT2D eigenvalue weighted by Crippen LogP contribution is 2.26. The van der Waals surface area contributed by atoms with Crippen molar-refractivity contribution >= 4 is 5.96 Å². The molecule has 0 amide bonds. The molecule has 3 N–H and O–H groups in total. The normalized spacial score (nSPS) is 14.4. The molecule has 0 aliphatic carbocycles. The third kappa shape index (κ3) is 4.82. The van der Waals surface area contributed by atoms with Crippen LogP contribution in [0.15, 0.2) is 21.8 Å². The van der Waals surface area contributed by atoms with Crippen molar-refractivity contribution in [2.24, 2.45) is 4.99 Å². The number of guanidine groups is 1. The van der Waals surface area contributed by atoms with E-state index < -0.39 is 5.60 Å². The molecule has 0 saturated carbocycles. The molecule has 0 fully saturated rings. The highest BCUT2D eigenvalue weighted by molar-refractivity contribution is 5.79. The Kier molecular flexibility index (Phi) is 6.19. The van der Waals surface area contributed by atoms with E-state index in [0.29, 0.717) is 19.0 Å². The van der Waals surface area contributed by atoms with Crippen molar-refractivity contribution < 1.29 is 9.52 Å². The monoisotopic (exact) mass is 348 g/mol. The molecule has 0 saturated heterocycles. The number of aromatic nitrogens is 3. The summed E-state index contributed by atoms with van der Waals surface area (Å²) < 4.78 is 7.47. The van der Waals surface area contributed by atoms with Crippen molar-refractivity contribution in [3.63, 3.8) is 0 Å². The maximum absolute atomic E-state index is 10.8. The topological polar surface area (TPSA) is 100 Å². The Balaban J connectivity index is 2.05. The van der Waals surface area contributed by atoms with E-state index in [1.54, 1.807) is 13.3 Å². The first kappa shape index (κ1) is 19.0. The number of hydrogen-bond acceptors (Lipinski definition) is 5. The quantitative estimate of drug-likeness (QED) is 0.517. The number of aryl methyl sites for hydroxylation is 3. The second-order valence-corrected chi connectivity index (χ2v) is 6.18. The molecule has 2 heterocycles. The van der Waals surface area contributed by atoms with Crippen LogP contribution in [0.5, 0.6) is 0 Å². The third-order valence-electron chi connectivity index (χ3n) is 3.98. The van der Waals surface area contributed by atoms with Crippen molar-refractivity contribution in [1.29, 1.82) is 0 Å². The Morgan fingerprint density at radius 1 is 1.36 bits per heavy atom. The fourth-order valence-corrected chi connectivity index (χ4v) is 2.67. The van der Waals surface area contributed by atoms with Gasteiger partial charge in [0.15, 0.2) is 11.8 Å². The fourth-order valence-electron chi connectivity index (χ4n) is 2.67. The SMILES string of the molecule is CCNC(=NCc1nncn1CC)NCC(C)(O)c1cc(C)oc1C.